The normalized spacial score (nSPS) is 47.5. The van der Waals surface area contributed by atoms with Crippen molar-refractivity contribution in [3.63, 3.8) is 0 Å². The Bertz CT molecular complexity index is 996. The van der Waals surface area contributed by atoms with Crippen molar-refractivity contribution in [1.82, 2.24) is 0 Å². The molecule has 3 saturated carbocycles. The molecule has 7 nitrogen and oxygen atoms in total. The van der Waals surface area contributed by atoms with Gasteiger partial charge in [-0.1, -0.05) is 52.3 Å². The molecule has 14 atom stereocenters. The molecular formula is C35H58O7. The van der Waals surface area contributed by atoms with Crippen LogP contribution in [0.5, 0.6) is 0 Å². The van der Waals surface area contributed by atoms with E-state index in [1.54, 1.807) is 6.08 Å². The number of ether oxygens (including phenoxy) is 2. The maximum Gasteiger partial charge on any atom is 0.186 e. The lowest BCUT2D eigenvalue weighted by atomic mass is 9.47. The van der Waals surface area contributed by atoms with Crippen LogP contribution < -0.4 is 0 Å². The summed E-state index contributed by atoms with van der Waals surface area (Å²) in [7, 11) is 0. The zero-order valence-corrected chi connectivity index (χ0v) is 26.6. The summed E-state index contributed by atoms with van der Waals surface area (Å²) in [4.78, 5) is 0. The second kappa shape index (κ2) is 12.2. The van der Waals surface area contributed by atoms with Gasteiger partial charge in [-0.25, -0.2) is 0 Å². The zero-order chi connectivity index (χ0) is 30.6. The first-order valence-electron chi connectivity index (χ1n) is 16.8. The lowest BCUT2D eigenvalue weighted by molar-refractivity contribution is -0.313. The minimum Gasteiger partial charge on any atom is -0.394 e. The fourth-order valence-electron chi connectivity index (χ4n) is 10.4. The Morgan fingerprint density at radius 1 is 1.05 bits per heavy atom. The summed E-state index contributed by atoms with van der Waals surface area (Å²) < 4.78 is 11.9. The van der Waals surface area contributed by atoms with E-state index in [4.69, 9.17) is 9.47 Å². The highest BCUT2D eigenvalue weighted by molar-refractivity contribution is 5.25. The monoisotopic (exact) mass is 590 g/mol. The van der Waals surface area contributed by atoms with Gasteiger partial charge < -0.3 is 35.0 Å². The number of rotatable bonds is 9. The molecule has 0 amide bonds. The number of allylic oxidation sites excluding steroid dienone is 1. The van der Waals surface area contributed by atoms with Gasteiger partial charge in [-0.3, -0.25) is 0 Å². The first kappa shape index (κ1) is 32.6. The Morgan fingerprint density at radius 2 is 1.79 bits per heavy atom. The average molecular weight is 591 g/mol. The van der Waals surface area contributed by atoms with Crippen molar-refractivity contribution < 1.29 is 35.0 Å². The van der Waals surface area contributed by atoms with E-state index in [1.807, 2.05) is 0 Å². The van der Waals surface area contributed by atoms with Crippen LogP contribution in [-0.2, 0) is 9.47 Å². The van der Waals surface area contributed by atoms with Crippen molar-refractivity contribution in [1.29, 1.82) is 0 Å². The van der Waals surface area contributed by atoms with E-state index in [-0.39, 0.29) is 17.4 Å². The van der Waals surface area contributed by atoms with E-state index >= 15 is 0 Å². The minimum absolute atomic E-state index is 0.132. The van der Waals surface area contributed by atoms with Gasteiger partial charge in [0.2, 0.25) is 0 Å². The maximum atomic E-state index is 11.1. The van der Waals surface area contributed by atoms with Crippen LogP contribution >= 0.6 is 0 Å². The van der Waals surface area contributed by atoms with Gasteiger partial charge in [0, 0.05) is 0 Å². The zero-order valence-electron chi connectivity index (χ0n) is 26.6. The molecular weight excluding hydrogens is 532 g/mol. The highest BCUT2D eigenvalue weighted by atomic mass is 16.7. The van der Waals surface area contributed by atoms with Crippen LogP contribution in [0.4, 0.5) is 0 Å². The summed E-state index contributed by atoms with van der Waals surface area (Å²) in [6.07, 6.45) is 8.72. The van der Waals surface area contributed by atoms with Gasteiger partial charge in [0.25, 0.3) is 0 Å². The van der Waals surface area contributed by atoms with E-state index in [0.29, 0.717) is 29.1 Å². The molecule has 1 aliphatic heterocycles. The number of aliphatic hydroxyl groups excluding tert-OH is 4. The summed E-state index contributed by atoms with van der Waals surface area (Å²) in [5.41, 5.74) is 1.19. The molecule has 5 rings (SSSR count). The van der Waals surface area contributed by atoms with E-state index < -0.39 is 42.9 Å². The van der Waals surface area contributed by atoms with Gasteiger partial charge in [-0.2, -0.15) is 0 Å². The highest BCUT2D eigenvalue weighted by Crippen LogP contribution is 2.67. The van der Waals surface area contributed by atoms with Crippen molar-refractivity contribution in [3.05, 3.63) is 24.3 Å². The maximum absolute atomic E-state index is 11.1. The average Bonchev–Trinajstić information content (AvgIpc) is 3.33. The number of hydrogen-bond donors (Lipinski definition) is 5. The van der Waals surface area contributed by atoms with Crippen LogP contribution in [0.15, 0.2) is 24.3 Å². The third-order valence-electron chi connectivity index (χ3n) is 13.3. The second-order valence-corrected chi connectivity index (χ2v) is 15.6. The largest absolute Gasteiger partial charge is 0.394 e. The van der Waals surface area contributed by atoms with Gasteiger partial charge in [-0.05, 0) is 111 Å². The molecule has 1 heterocycles. The van der Waals surface area contributed by atoms with Crippen LogP contribution in [0.2, 0.25) is 0 Å². The standard InChI is InChI=1S/C35H58O7/c1-7-35(40,20(2)3)17-12-21(4)25-10-11-26-24-9-8-22-18-23(13-15-33(22,5)27(24)14-16-34(25,26)6)41-32-31(39)30(38)29(37)28(19-36)42-32/h7-8,20-21,23-32,36-40H,1,9-19H2,2-6H3/t21-,23+,24+,25-,26-,27+,28-,29-,30+,31-,32-,33+,34-,35-/m1/s1. The van der Waals surface area contributed by atoms with Crippen molar-refractivity contribution in [3.8, 4) is 0 Å². The fraction of sp³-hybridized carbons (Fsp3) is 0.886. The summed E-state index contributed by atoms with van der Waals surface area (Å²) in [5, 5.41) is 51.4. The Morgan fingerprint density at radius 3 is 2.45 bits per heavy atom. The number of fused-ring (bicyclic) bond motifs is 5. The molecule has 4 aliphatic carbocycles. The van der Waals surface area contributed by atoms with Crippen LogP contribution in [0, 0.1) is 46.3 Å². The summed E-state index contributed by atoms with van der Waals surface area (Å²) in [5.74, 6) is 3.58. The fourth-order valence-corrected chi connectivity index (χ4v) is 10.4. The van der Waals surface area contributed by atoms with Crippen molar-refractivity contribution in [2.24, 2.45) is 46.3 Å². The van der Waals surface area contributed by atoms with Crippen LogP contribution in [0.25, 0.3) is 0 Å². The smallest absolute Gasteiger partial charge is 0.186 e. The molecule has 0 spiro atoms. The summed E-state index contributed by atoms with van der Waals surface area (Å²) in [6, 6.07) is 0. The first-order valence-corrected chi connectivity index (χ1v) is 16.8. The summed E-state index contributed by atoms with van der Waals surface area (Å²) in [6.45, 7) is 15.1. The number of hydrogen-bond acceptors (Lipinski definition) is 7. The van der Waals surface area contributed by atoms with Gasteiger partial charge >= 0.3 is 0 Å². The molecule has 5 N–H and O–H groups in total. The predicted octanol–water partition coefficient (Wildman–Crippen LogP) is 4.74. The topological polar surface area (TPSA) is 120 Å². The minimum atomic E-state index is -1.41. The molecule has 1 saturated heterocycles. The van der Waals surface area contributed by atoms with Crippen molar-refractivity contribution in [2.45, 2.75) is 141 Å². The second-order valence-electron chi connectivity index (χ2n) is 15.6. The molecule has 42 heavy (non-hydrogen) atoms. The number of aliphatic hydroxyl groups is 5. The van der Waals surface area contributed by atoms with Gasteiger partial charge in [0.15, 0.2) is 6.29 Å². The Balaban J connectivity index is 1.24. The van der Waals surface area contributed by atoms with Crippen LogP contribution in [-0.4, -0.2) is 74.6 Å². The highest BCUT2D eigenvalue weighted by Gasteiger charge is 2.59. The molecule has 240 valence electrons. The molecule has 4 fully saturated rings. The quantitative estimate of drug-likeness (QED) is 0.246. The van der Waals surface area contributed by atoms with Crippen LogP contribution in [0.1, 0.15) is 98.8 Å². The Hall–Kier alpha value is -0.800. The molecule has 0 radical (unpaired) electrons. The van der Waals surface area contributed by atoms with E-state index in [1.165, 1.54) is 31.3 Å². The lowest BCUT2D eigenvalue weighted by Crippen LogP contribution is -2.60. The molecule has 0 aromatic rings. The van der Waals surface area contributed by atoms with Gasteiger partial charge in [-0.15, -0.1) is 6.58 Å². The molecule has 0 bridgehead atoms. The molecule has 0 unspecified atom stereocenters. The molecule has 7 heteroatoms. The summed E-state index contributed by atoms with van der Waals surface area (Å²) >= 11 is 0. The van der Waals surface area contributed by atoms with E-state index in [9.17, 15) is 25.5 Å². The Labute approximate surface area is 253 Å². The van der Waals surface area contributed by atoms with E-state index in [0.717, 1.165) is 44.4 Å². The van der Waals surface area contributed by atoms with Crippen molar-refractivity contribution in [2.75, 3.05) is 6.61 Å². The lowest BCUT2D eigenvalue weighted by Gasteiger charge is -2.58. The predicted molar refractivity (Wildman–Crippen MR) is 162 cm³/mol. The first-order chi connectivity index (χ1) is 19.8. The van der Waals surface area contributed by atoms with Crippen LogP contribution in [0.3, 0.4) is 0 Å². The van der Waals surface area contributed by atoms with Gasteiger partial charge in [0.05, 0.1) is 18.3 Å². The molecule has 0 aromatic heterocycles. The SMILES string of the molecule is C=C[C@@](O)(CC[C@@H](C)[C@H]1CC[C@@H]2[C@@H]3CC=C4C[C@@H](O[C@@H]5O[C@H](CO)[C@@H](O)[C@H](O)[C@H]5O)CC[C@]4(C)[C@H]3CC[C@@]21C)C(C)C. The molecule has 0 aromatic carbocycles. The Kier molecular flexibility index (Phi) is 9.45. The third-order valence-corrected chi connectivity index (χ3v) is 13.3. The van der Waals surface area contributed by atoms with Crippen molar-refractivity contribution >= 4 is 0 Å². The van der Waals surface area contributed by atoms with E-state index in [2.05, 4.69) is 47.3 Å². The molecule has 5 aliphatic rings. The van der Waals surface area contributed by atoms with Gasteiger partial charge in [0.1, 0.15) is 24.4 Å². The third kappa shape index (κ3) is 5.48.